The Morgan fingerprint density at radius 1 is 1.71 bits per heavy atom. The van der Waals surface area contributed by atoms with Gasteiger partial charge in [-0.1, -0.05) is 6.58 Å². The van der Waals surface area contributed by atoms with Crippen LogP contribution >= 0.6 is 0 Å². The molecule has 1 aromatic rings. The topological polar surface area (TPSA) is 65.3 Å². The Kier molecular flexibility index (Phi) is 3.17. The molecule has 1 rings (SSSR count). The molecule has 0 amide bonds. The molecule has 0 atom stereocenters. The number of ether oxygens (including phenoxy) is 1. The number of pyridine rings is 1. The number of rotatable bonds is 4. The molecule has 0 aliphatic carbocycles. The lowest BCUT2D eigenvalue weighted by atomic mass is 10.2. The summed E-state index contributed by atoms with van der Waals surface area (Å²) in [5, 5.41) is 10.4. The zero-order valence-electron chi connectivity index (χ0n) is 7.77. The fourth-order valence-corrected chi connectivity index (χ4v) is 0.938. The molecule has 74 valence electrons. The quantitative estimate of drug-likeness (QED) is 0.417. The van der Waals surface area contributed by atoms with Crippen molar-refractivity contribution in [2.24, 2.45) is 0 Å². The fraction of sp³-hybridized carbons (Fsp3) is 0.222. The third-order valence-corrected chi connectivity index (χ3v) is 1.58. The van der Waals surface area contributed by atoms with Crippen molar-refractivity contribution in [1.29, 1.82) is 0 Å². The fourth-order valence-electron chi connectivity index (χ4n) is 0.938. The Balaban J connectivity index is 2.93. The van der Waals surface area contributed by atoms with E-state index in [1.807, 2.05) is 6.92 Å². The number of hydrogen-bond donors (Lipinski definition) is 0. The molecule has 0 bridgehead atoms. The number of nitrogens with zero attached hydrogens (tertiary/aromatic N) is 2. The van der Waals surface area contributed by atoms with Crippen LogP contribution in [0, 0.1) is 10.1 Å². The predicted octanol–water partition coefficient (Wildman–Crippen LogP) is 2.00. The van der Waals surface area contributed by atoms with Gasteiger partial charge in [-0.3, -0.25) is 15.1 Å². The molecule has 5 heteroatoms. The van der Waals surface area contributed by atoms with E-state index < -0.39 is 4.92 Å². The molecule has 0 saturated heterocycles. The van der Waals surface area contributed by atoms with Gasteiger partial charge in [0.25, 0.3) is 5.69 Å². The monoisotopic (exact) mass is 194 g/mol. The van der Waals surface area contributed by atoms with Gasteiger partial charge in [0.2, 0.25) is 0 Å². The van der Waals surface area contributed by atoms with Gasteiger partial charge in [0.05, 0.1) is 11.5 Å². The Morgan fingerprint density at radius 3 is 3.00 bits per heavy atom. The van der Waals surface area contributed by atoms with Gasteiger partial charge < -0.3 is 4.74 Å². The summed E-state index contributed by atoms with van der Waals surface area (Å²) < 4.78 is 5.11. The minimum absolute atomic E-state index is 0.0663. The van der Waals surface area contributed by atoms with E-state index in [0.29, 0.717) is 17.9 Å². The summed E-state index contributed by atoms with van der Waals surface area (Å²) >= 11 is 0. The second kappa shape index (κ2) is 4.36. The van der Waals surface area contributed by atoms with Crippen LogP contribution in [0.4, 0.5) is 5.69 Å². The lowest BCUT2D eigenvalue weighted by Crippen LogP contribution is -1.94. The van der Waals surface area contributed by atoms with Crippen molar-refractivity contribution in [1.82, 2.24) is 4.98 Å². The summed E-state index contributed by atoms with van der Waals surface area (Å²) in [6, 6.07) is 1.38. The first-order chi connectivity index (χ1) is 6.65. The second-order valence-electron chi connectivity index (χ2n) is 2.55. The maximum atomic E-state index is 10.4. The largest absolute Gasteiger partial charge is 0.494 e. The van der Waals surface area contributed by atoms with Crippen LogP contribution in [0.3, 0.4) is 0 Å². The second-order valence-corrected chi connectivity index (χ2v) is 2.55. The van der Waals surface area contributed by atoms with Gasteiger partial charge in [0.1, 0.15) is 12.0 Å². The molecule has 0 saturated carbocycles. The number of hydrogen-bond acceptors (Lipinski definition) is 4. The van der Waals surface area contributed by atoms with E-state index in [1.54, 1.807) is 0 Å². The van der Waals surface area contributed by atoms with Crippen LogP contribution in [0.1, 0.15) is 12.5 Å². The molecule has 5 nitrogen and oxygen atoms in total. The third-order valence-electron chi connectivity index (χ3n) is 1.58. The summed E-state index contributed by atoms with van der Waals surface area (Å²) in [6.07, 6.45) is 2.66. The highest BCUT2D eigenvalue weighted by Gasteiger charge is 2.08. The van der Waals surface area contributed by atoms with Crippen molar-refractivity contribution in [3.8, 4) is 0 Å². The van der Waals surface area contributed by atoms with Crippen molar-refractivity contribution in [3.05, 3.63) is 40.7 Å². The molecular weight excluding hydrogens is 184 g/mol. The molecule has 0 radical (unpaired) electrons. The van der Waals surface area contributed by atoms with Gasteiger partial charge in [-0.25, -0.2) is 0 Å². The Morgan fingerprint density at radius 2 is 2.43 bits per heavy atom. The van der Waals surface area contributed by atoms with E-state index >= 15 is 0 Å². The van der Waals surface area contributed by atoms with E-state index in [9.17, 15) is 10.1 Å². The number of nitro groups is 1. The first kappa shape index (κ1) is 10.2. The molecular formula is C9H10N2O3. The van der Waals surface area contributed by atoms with Crippen LogP contribution in [0.25, 0.3) is 5.76 Å². The van der Waals surface area contributed by atoms with Gasteiger partial charge >= 0.3 is 0 Å². The van der Waals surface area contributed by atoms with E-state index in [4.69, 9.17) is 4.74 Å². The Hall–Kier alpha value is -1.91. The zero-order chi connectivity index (χ0) is 10.6. The molecule has 1 heterocycles. The molecule has 0 aliphatic heterocycles. The summed E-state index contributed by atoms with van der Waals surface area (Å²) in [5.41, 5.74) is 0.462. The van der Waals surface area contributed by atoms with Gasteiger partial charge in [-0.2, -0.15) is 0 Å². The normalized spacial score (nSPS) is 9.50. The summed E-state index contributed by atoms with van der Waals surface area (Å²) in [7, 11) is 0. The number of aromatic nitrogens is 1. The average molecular weight is 194 g/mol. The lowest BCUT2D eigenvalue weighted by Gasteiger charge is -2.05. The van der Waals surface area contributed by atoms with Crippen molar-refractivity contribution in [2.45, 2.75) is 6.92 Å². The van der Waals surface area contributed by atoms with Crippen LogP contribution in [-0.2, 0) is 4.74 Å². The van der Waals surface area contributed by atoms with Crippen molar-refractivity contribution in [3.63, 3.8) is 0 Å². The highest BCUT2D eigenvalue weighted by Crippen LogP contribution is 2.17. The van der Waals surface area contributed by atoms with Crippen LogP contribution in [0.2, 0.25) is 0 Å². The molecule has 1 aromatic heterocycles. The molecule has 0 N–H and O–H groups in total. The maximum Gasteiger partial charge on any atom is 0.288 e. The molecule has 14 heavy (non-hydrogen) atoms. The molecule has 0 aromatic carbocycles. The third kappa shape index (κ3) is 2.29. The van der Waals surface area contributed by atoms with Crippen LogP contribution in [0.5, 0.6) is 0 Å². The van der Waals surface area contributed by atoms with Gasteiger partial charge in [-0.05, 0) is 6.92 Å². The van der Waals surface area contributed by atoms with Gasteiger partial charge in [0, 0.05) is 17.8 Å². The van der Waals surface area contributed by atoms with Gasteiger partial charge in [0.15, 0.2) is 0 Å². The smallest absolute Gasteiger partial charge is 0.288 e. The maximum absolute atomic E-state index is 10.4. The van der Waals surface area contributed by atoms with Crippen LogP contribution in [0.15, 0.2) is 25.0 Å². The summed E-state index contributed by atoms with van der Waals surface area (Å²) in [6.45, 7) is 5.92. The molecule has 0 aliphatic rings. The van der Waals surface area contributed by atoms with E-state index in [0.717, 1.165) is 0 Å². The van der Waals surface area contributed by atoms with Crippen molar-refractivity contribution >= 4 is 11.4 Å². The Labute approximate surface area is 81.2 Å². The van der Waals surface area contributed by atoms with Crippen molar-refractivity contribution < 1.29 is 9.66 Å². The zero-order valence-corrected chi connectivity index (χ0v) is 7.77. The molecule has 0 spiro atoms. The highest BCUT2D eigenvalue weighted by atomic mass is 16.6. The lowest BCUT2D eigenvalue weighted by molar-refractivity contribution is -0.385. The van der Waals surface area contributed by atoms with E-state index in [1.165, 1.54) is 18.5 Å². The van der Waals surface area contributed by atoms with E-state index in [-0.39, 0.29) is 5.69 Å². The van der Waals surface area contributed by atoms with Crippen LogP contribution < -0.4 is 0 Å². The Bertz CT molecular complexity index is 363. The first-order valence-corrected chi connectivity index (χ1v) is 4.06. The van der Waals surface area contributed by atoms with Crippen LogP contribution in [-0.4, -0.2) is 16.5 Å². The molecule has 0 fully saturated rings. The highest BCUT2D eigenvalue weighted by molar-refractivity contribution is 5.58. The average Bonchev–Trinajstić information content (AvgIpc) is 2.18. The first-order valence-electron chi connectivity index (χ1n) is 4.06. The van der Waals surface area contributed by atoms with Gasteiger partial charge in [-0.15, -0.1) is 0 Å². The summed E-state index contributed by atoms with van der Waals surface area (Å²) in [4.78, 5) is 13.7. The summed E-state index contributed by atoms with van der Waals surface area (Å²) in [5.74, 6) is 0.392. The molecule has 0 unspecified atom stereocenters. The van der Waals surface area contributed by atoms with Crippen molar-refractivity contribution in [2.75, 3.05) is 6.61 Å². The minimum Gasteiger partial charge on any atom is -0.494 e. The predicted molar refractivity (Wildman–Crippen MR) is 51.6 cm³/mol. The SMILES string of the molecule is C=C(OCC)c1cncc([N+](=O)[O-])c1. The van der Waals surface area contributed by atoms with E-state index in [2.05, 4.69) is 11.6 Å². The minimum atomic E-state index is -0.504. The standard InChI is InChI=1S/C9H10N2O3/c1-3-14-7(2)8-4-9(11(12)13)6-10-5-8/h4-6H,2-3H2,1H3.